The number of imidazole rings is 1. The van der Waals surface area contributed by atoms with Gasteiger partial charge in [0.05, 0.1) is 41.7 Å². The van der Waals surface area contributed by atoms with Crippen molar-refractivity contribution in [2.45, 2.75) is 37.8 Å². The first-order chi connectivity index (χ1) is 14.2. The first-order valence-corrected chi connectivity index (χ1v) is 10.2. The van der Waals surface area contributed by atoms with Crippen molar-refractivity contribution in [3.05, 3.63) is 47.6 Å². The molecule has 1 aliphatic carbocycles. The van der Waals surface area contributed by atoms with E-state index in [4.69, 9.17) is 21.1 Å². The molecule has 0 unspecified atom stereocenters. The minimum Gasteiger partial charge on any atom is -0.382 e. The highest BCUT2D eigenvalue weighted by atomic mass is 35.5. The van der Waals surface area contributed by atoms with Gasteiger partial charge in [0, 0.05) is 42.8 Å². The van der Waals surface area contributed by atoms with E-state index in [0.29, 0.717) is 23.8 Å². The van der Waals surface area contributed by atoms with Gasteiger partial charge in [-0.05, 0) is 37.8 Å². The minimum absolute atomic E-state index is 0.0979. The summed E-state index contributed by atoms with van der Waals surface area (Å²) in [5.41, 5.74) is 2.17. The maximum atomic E-state index is 13.1. The van der Waals surface area contributed by atoms with Crippen LogP contribution in [0.3, 0.4) is 0 Å². The molecule has 0 radical (unpaired) electrons. The molecule has 7 nitrogen and oxygen atoms in total. The van der Waals surface area contributed by atoms with Gasteiger partial charge in [-0.15, -0.1) is 0 Å². The normalized spacial score (nSPS) is 19.5. The molecule has 1 saturated carbocycles. The Morgan fingerprint density at radius 2 is 2.14 bits per heavy atom. The third-order valence-corrected chi connectivity index (χ3v) is 5.73. The van der Waals surface area contributed by atoms with Crippen molar-refractivity contribution in [2.24, 2.45) is 0 Å². The van der Waals surface area contributed by atoms with Gasteiger partial charge < -0.3 is 24.3 Å². The fraction of sp³-hybridized carbons (Fsp3) is 0.429. The predicted molar refractivity (Wildman–Crippen MR) is 112 cm³/mol. The number of amides is 1. The lowest BCUT2D eigenvalue weighted by Gasteiger charge is -2.29. The zero-order chi connectivity index (χ0) is 20.2. The lowest BCUT2D eigenvalue weighted by Crippen LogP contribution is -2.39. The summed E-state index contributed by atoms with van der Waals surface area (Å²) in [6, 6.07) is 3.96. The molecule has 4 rings (SSSR count). The van der Waals surface area contributed by atoms with E-state index >= 15 is 0 Å². The van der Waals surface area contributed by atoms with Crippen LogP contribution in [0.5, 0.6) is 0 Å². The van der Waals surface area contributed by atoms with E-state index in [0.717, 1.165) is 42.3 Å². The average Bonchev–Trinajstić information content (AvgIpc) is 3.39. The van der Waals surface area contributed by atoms with E-state index in [-0.39, 0.29) is 18.1 Å². The average molecular weight is 417 g/mol. The number of H-pyrrole nitrogens is 1. The molecule has 1 fully saturated rings. The second-order valence-electron chi connectivity index (χ2n) is 7.33. The molecular weight excluding hydrogens is 392 g/mol. The summed E-state index contributed by atoms with van der Waals surface area (Å²) in [5, 5.41) is 4.60. The van der Waals surface area contributed by atoms with Gasteiger partial charge in [-0.1, -0.05) is 11.6 Å². The topological polar surface area (TPSA) is 81.2 Å². The number of nitrogens with one attached hydrogen (secondary N) is 2. The lowest BCUT2D eigenvalue weighted by atomic mass is 9.92. The first-order valence-electron chi connectivity index (χ1n) is 9.86. The van der Waals surface area contributed by atoms with Gasteiger partial charge in [0.15, 0.2) is 0 Å². The summed E-state index contributed by atoms with van der Waals surface area (Å²) in [5.74, 6) is -0.0979. The molecule has 0 saturated heterocycles. The number of benzene rings is 1. The Kier molecular flexibility index (Phi) is 6.18. The van der Waals surface area contributed by atoms with E-state index in [9.17, 15) is 4.79 Å². The SMILES string of the molecule is COCCOC1CCC(NC(=O)c2cc(-n3ccnc3)cc3c(Cl)c[nH]c23)CC1. The molecule has 0 spiro atoms. The third kappa shape index (κ3) is 4.47. The summed E-state index contributed by atoms with van der Waals surface area (Å²) in [4.78, 5) is 20.3. The van der Waals surface area contributed by atoms with Gasteiger partial charge in [-0.25, -0.2) is 4.98 Å². The second kappa shape index (κ2) is 8.98. The molecule has 1 aromatic carbocycles. The maximum Gasteiger partial charge on any atom is 0.253 e. The molecule has 0 atom stereocenters. The van der Waals surface area contributed by atoms with Gasteiger partial charge in [0.1, 0.15) is 0 Å². The quantitative estimate of drug-likeness (QED) is 0.575. The lowest BCUT2D eigenvalue weighted by molar-refractivity contribution is -0.00408. The number of fused-ring (bicyclic) bond motifs is 1. The molecule has 2 heterocycles. The van der Waals surface area contributed by atoms with E-state index in [2.05, 4.69) is 15.3 Å². The second-order valence-corrected chi connectivity index (χ2v) is 7.74. The van der Waals surface area contributed by atoms with E-state index in [1.165, 1.54) is 0 Å². The first kappa shape index (κ1) is 19.9. The van der Waals surface area contributed by atoms with Crippen LogP contribution in [-0.2, 0) is 9.47 Å². The summed E-state index contributed by atoms with van der Waals surface area (Å²) < 4.78 is 12.7. The van der Waals surface area contributed by atoms with Crippen LogP contribution in [0.1, 0.15) is 36.0 Å². The van der Waals surface area contributed by atoms with Gasteiger partial charge in [0.25, 0.3) is 5.91 Å². The molecule has 154 valence electrons. The summed E-state index contributed by atoms with van der Waals surface area (Å²) in [7, 11) is 1.67. The standard InChI is InChI=1S/C21H25ClN4O3/c1-28-8-9-29-16-4-2-14(3-5-16)25-21(27)18-11-15(26-7-6-23-13-26)10-17-19(22)12-24-20(17)18/h6-7,10-14,16,24H,2-5,8-9H2,1H3,(H,25,27). The number of carbonyl (C=O) groups excluding carboxylic acids is 1. The number of hydrogen-bond acceptors (Lipinski definition) is 4. The zero-order valence-electron chi connectivity index (χ0n) is 16.4. The Morgan fingerprint density at radius 1 is 1.31 bits per heavy atom. The molecular formula is C21H25ClN4O3. The van der Waals surface area contributed by atoms with E-state index < -0.39 is 0 Å². The van der Waals surface area contributed by atoms with Crippen LogP contribution in [0.15, 0.2) is 37.1 Å². The van der Waals surface area contributed by atoms with Crippen LogP contribution in [0, 0.1) is 0 Å². The van der Waals surface area contributed by atoms with E-state index in [1.54, 1.807) is 25.8 Å². The number of aromatic nitrogens is 3. The van der Waals surface area contributed by atoms with Crippen molar-refractivity contribution < 1.29 is 14.3 Å². The molecule has 8 heteroatoms. The Balaban J connectivity index is 1.48. The highest BCUT2D eigenvalue weighted by molar-refractivity contribution is 6.36. The van der Waals surface area contributed by atoms with Crippen LogP contribution in [0.4, 0.5) is 0 Å². The monoisotopic (exact) mass is 416 g/mol. The molecule has 2 N–H and O–H groups in total. The summed E-state index contributed by atoms with van der Waals surface area (Å²) in [6.45, 7) is 1.23. The molecule has 0 bridgehead atoms. The fourth-order valence-electron chi connectivity index (χ4n) is 3.86. The number of aromatic amines is 1. The van der Waals surface area contributed by atoms with E-state index in [1.807, 2.05) is 22.9 Å². The smallest absolute Gasteiger partial charge is 0.253 e. The molecule has 3 aromatic rings. The minimum atomic E-state index is -0.0979. The number of ether oxygens (including phenoxy) is 2. The third-order valence-electron chi connectivity index (χ3n) is 5.42. The Bertz CT molecular complexity index is 962. The van der Waals surface area contributed by atoms with Crippen LogP contribution in [-0.4, -0.2) is 52.9 Å². The van der Waals surface area contributed by atoms with Crippen LogP contribution in [0.25, 0.3) is 16.6 Å². The summed E-state index contributed by atoms with van der Waals surface area (Å²) >= 11 is 6.33. The number of carbonyl (C=O) groups is 1. The highest BCUT2D eigenvalue weighted by Gasteiger charge is 2.24. The highest BCUT2D eigenvalue weighted by Crippen LogP contribution is 2.29. The fourth-order valence-corrected chi connectivity index (χ4v) is 4.06. The van der Waals surface area contributed by atoms with Gasteiger partial charge in [-0.3, -0.25) is 4.79 Å². The van der Waals surface area contributed by atoms with Gasteiger partial charge >= 0.3 is 0 Å². The maximum absolute atomic E-state index is 13.1. The number of rotatable bonds is 7. The Labute approximate surface area is 174 Å². The molecule has 1 aliphatic rings. The molecule has 1 amide bonds. The van der Waals surface area contributed by atoms with Crippen molar-refractivity contribution in [3.8, 4) is 5.69 Å². The number of methoxy groups -OCH3 is 1. The largest absolute Gasteiger partial charge is 0.382 e. The molecule has 0 aliphatic heterocycles. The van der Waals surface area contributed by atoms with Crippen molar-refractivity contribution in [1.82, 2.24) is 19.9 Å². The van der Waals surface area contributed by atoms with Crippen molar-refractivity contribution in [3.63, 3.8) is 0 Å². The van der Waals surface area contributed by atoms with Gasteiger partial charge in [0.2, 0.25) is 0 Å². The van der Waals surface area contributed by atoms with Crippen LogP contribution < -0.4 is 5.32 Å². The Hall–Kier alpha value is -2.35. The predicted octanol–water partition coefficient (Wildman–Crippen LogP) is 3.71. The van der Waals surface area contributed by atoms with Crippen LogP contribution in [0.2, 0.25) is 5.02 Å². The van der Waals surface area contributed by atoms with Crippen molar-refractivity contribution >= 4 is 28.4 Å². The molecule has 29 heavy (non-hydrogen) atoms. The molecule has 2 aromatic heterocycles. The van der Waals surface area contributed by atoms with Gasteiger partial charge in [-0.2, -0.15) is 0 Å². The van der Waals surface area contributed by atoms with Crippen molar-refractivity contribution in [2.75, 3.05) is 20.3 Å². The van der Waals surface area contributed by atoms with Crippen molar-refractivity contribution in [1.29, 1.82) is 0 Å². The number of halogens is 1. The Morgan fingerprint density at radius 3 is 2.86 bits per heavy atom. The zero-order valence-corrected chi connectivity index (χ0v) is 17.1. The van der Waals surface area contributed by atoms with Crippen LogP contribution >= 0.6 is 11.6 Å². The number of nitrogens with zero attached hydrogens (tertiary/aromatic N) is 2. The summed E-state index contributed by atoms with van der Waals surface area (Å²) in [6.07, 6.45) is 10.9. The number of hydrogen-bond donors (Lipinski definition) is 2.